The second-order valence-corrected chi connectivity index (χ2v) is 5.45. The van der Waals surface area contributed by atoms with E-state index in [0.29, 0.717) is 18.2 Å². The molecule has 1 amide bonds. The standard InChI is InChI=1S/C15H19N3O2/c1-18(13(9-16)10-6-7-10)15(19)8-12-11-4-2-3-5-14(11)20-17-12/h2-5,10,13H,6-9,16H2,1H3. The zero-order valence-corrected chi connectivity index (χ0v) is 11.6. The van der Waals surface area contributed by atoms with Crippen molar-refractivity contribution in [3.05, 3.63) is 30.0 Å². The summed E-state index contributed by atoms with van der Waals surface area (Å²) in [7, 11) is 1.83. The van der Waals surface area contributed by atoms with Crippen LogP contribution in [0.4, 0.5) is 0 Å². The smallest absolute Gasteiger partial charge is 0.228 e. The van der Waals surface area contributed by atoms with E-state index in [1.54, 1.807) is 4.90 Å². The van der Waals surface area contributed by atoms with Crippen LogP contribution in [0.2, 0.25) is 0 Å². The highest BCUT2D eigenvalue weighted by Crippen LogP contribution is 2.34. The van der Waals surface area contributed by atoms with Gasteiger partial charge in [0.25, 0.3) is 0 Å². The predicted octanol–water partition coefficient (Wildman–Crippen LogP) is 1.57. The number of para-hydroxylation sites is 1. The second kappa shape index (κ2) is 5.25. The molecule has 0 saturated heterocycles. The van der Waals surface area contributed by atoms with Crippen LogP contribution < -0.4 is 5.73 Å². The summed E-state index contributed by atoms with van der Waals surface area (Å²) in [6.45, 7) is 0.520. The van der Waals surface area contributed by atoms with Gasteiger partial charge in [0.1, 0.15) is 5.69 Å². The number of benzene rings is 1. The number of hydrogen-bond acceptors (Lipinski definition) is 4. The van der Waals surface area contributed by atoms with Crippen molar-refractivity contribution >= 4 is 16.9 Å². The first-order valence-corrected chi connectivity index (χ1v) is 6.99. The summed E-state index contributed by atoms with van der Waals surface area (Å²) in [5.41, 5.74) is 7.20. The molecule has 20 heavy (non-hydrogen) atoms. The Morgan fingerprint density at radius 3 is 2.95 bits per heavy atom. The van der Waals surface area contributed by atoms with Gasteiger partial charge in [-0.05, 0) is 30.9 Å². The number of fused-ring (bicyclic) bond motifs is 1. The summed E-state index contributed by atoms with van der Waals surface area (Å²) in [6, 6.07) is 7.75. The summed E-state index contributed by atoms with van der Waals surface area (Å²) in [4.78, 5) is 14.2. The third-order valence-corrected chi connectivity index (χ3v) is 4.07. The lowest BCUT2D eigenvalue weighted by molar-refractivity contribution is -0.131. The topological polar surface area (TPSA) is 72.4 Å². The highest BCUT2D eigenvalue weighted by Gasteiger charge is 2.34. The largest absolute Gasteiger partial charge is 0.356 e. The lowest BCUT2D eigenvalue weighted by atomic mass is 10.1. The van der Waals surface area contributed by atoms with E-state index in [1.807, 2.05) is 31.3 Å². The van der Waals surface area contributed by atoms with E-state index in [0.717, 1.165) is 11.0 Å². The van der Waals surface area contributed by atoms with Crippen LogP contribution >= 0.6 is 0 Å². The molecule has 0 spiro atoms. The van der Waals surface area contributed by atoms with Gasteiger partial charge in [0, 0.05) is 25.0 Å². The van der Waals surface area contributed by atoms with Gasteiger partial charge in [0.15, 0.2) is 5.58 Å². The predicted molar refractivity (Wildman–Crippen MR) is 76.0 cm³/mol. The minimum absolute atomic E-state index is 0.0476. The van der Waals surface area contributed by atoms with Gasteiger partial charge in [0.2, 0.25) is 5.91 Å². The maximum absolute atomic E-state index is 12.4. The van der Waals surface area contributed by atoms with E-state index in [-0.39, 0.29) is 18.4 Å². The first-order valence-electron chi connectivity index (χ1n) is 6.99. The molecule has 0 radical (unpaired) electrons. The van der Waals surface area contributed by atoms with Crippen LogP contribution in [0.5, 0.6) is 0 Å². The molecule has 5 nitrogen and oxygen atoms in total. The van der Waals surface area contributed by atoms with Crippen LogP contribution in [0.15, 0.2) is 28.8 Å². The minimum atomic E-state index is 0.0476. The molecule has 1 aromatic carbocycles. The van der Waals surface area contributed by atoms with E-state index in [9.17, 15) is 4.79 Å². The molecular formula is C15H19N3O2. The van der Waals surface area contributed by atoms with Crippen molar-refractivity contribution in [2.24, 2.45) is 11.7 Å². The Morgan fingerprint density at radius 1 is 1.50 bits per heavy atom. The van der Waals surface area contributed by atoms with Gasteiger partial charge in [-0.3, -0.25) is 4.79 Å². The first kappa shape index (κ1) is 13.1. The fourth-order valence-electron chi connectivity index (χ4n) is 2.67. The van der Waals surface area contributed by atoms with Crippen molar-refractivity contribution in [1.82, 2.24) is 10.1 Å². The number of nitrogens with zero attached hydrogens (tertiary/aromatic N) is 2. The molecule has 0 bridgehead atoms. The molecule has 3 rings (SSSR count). The van der Waals surface area contributed by atoms with Crippen molar-refractivity contribution in [2.75, 3.05) is 13.6 Å². The molecule has 1 aliphatic rings. The summed E-state index contributed by atoms with van der Waals surface area (Å²) >= 11 is 0. The van der Waals surface area contributed by atoms with Crippen LogP contribution in [0, 0.1) is 5.92 Å². The molecule has 0 aliphatic heterocycles. The van der Waals surface area contributed by atoms with Gasteiger partial charge in [-0.2, -0.15) is 0 Å². The van der Waals surface area contributed by atoms with Crippen molar-refractivity contribution in [1.29, 1.82) is 0 Å². The Labute approximate surface area is 117 Å². The fourth-order valence-corrected chi connectivity index (χ4v) is 2.67. The Kier molecular flexibility index (Phi) is 3.44. The minimum Gasteiger partial charge on any atom is -0.356 e. The molecule has 1 saturated carbocycles. The van der Waals surface area contributed by atoms with Gasteiger partial charge in [-0.15, -0.1) is 0 Å². The normalized spacial score (nSPS) is 16.3. The number of hydrogen-bond donors (Lipinski definition) is 1. The molecule has 2 aromatic rings. The number of carbonyl (C=O) groups excluding carboxylic acids is 1. The van der Waals surface area contributed by atoms with Gasteiger partial charge in [0.05, 0.1) is 6.42 Å². The van der Waals surface area contributed by atoms with Gasteiger partial charge in [-0.1, -0.05) is 17.3 Å². The van der Waals surface area contributed by atoms with E-state index in [2.05, 4.69) is 5.16 Å². The number of likely N-dealkylation sites (N-methyl/N-ethyl adjacent to an activating group) is 1. The second-order valence-electron chi connectivity index (χ2n) is 5.45. The molecule has 2 N–H and O–H groups in total. The Hall–Kier alpha value is -1.88. The van der Waals surface area contributed by atoms with E-state index in [4.69, 9.17) is 10.3 Å². The Balaban J connectivity index is 1.75. The number of carbonyl (C=O) groups is 1. The monoisotopic (exact) mass is 273 g/mol. The molecule has 1 atom stereocenters. The number of nitrogens with two attached hydrogens (primary N) is 1. The summed E-state index contributed by atoms with van der Waals surface area (Å²) < 4.78 is 5.23. The highest BCUT2D eigenvalue weighted by atomic mass is 16.5. The number of aromatic nitrogens is 1. The van der Waals surface area contributed by atoms with E-state index < -0.39 is 0 Å². The maximum Gasteiger partial charge on any atom is 0.228 e. The lowest BCUT2D eigenvalue weighted by Crippen LogP contribution is -2.44. The van der Waals surface area contributed by atoms with Crippen LogP contribution in [-0.2, 0) is 11.2 Å². The van der Waals surface area contributed by atoms with Crippen molar-refractivity contribution < 1.29 is 9.32 Å². The molecular weight excluding hydrogens is 254 g/mol. The molecule has 1 heterocycles. The van der Waals surface area contributed by atoms with Gasteiger partial charge in [-0.25, -0.2) is 0 Å². The maximum atomic E-state index is 12.4. The first-order chi connectivity index (χ1) is 9.70. The van der Waals surface area contributed by atoms with Crippen molar-refractivity contribution in [2.45, 2.75) is 25.3 Å². The van der Waals surface area contributed by atoms with Gasteiger partial charge >= 0.3 is 0 Å². The number of rotatable bonds is 5. The third-order valence-electron chi connectivity index (χ3n) is 4.07. The molecule has 1 fully saturated rings. The molecule has 1 aromatic heterocycles. The fraction of sp³-hybridized carbons (Fsp3) is 0.467. The molecule has 1 unspecified atom stereocenters. The van der Waals surface area contributed by atoms with E-state index >= 15 is 0 Å². The van der Waals surface area contributed by atoms with Crippen molar-refractivity contribution in [3.8, 4) is 0 Å². The lowest BCUT2D eigenvalue weighted by Gasteiger charge is -2.26. The summed E-state index contributed by atoms with van der Waals surface area (Å²) in [6.07, 6.45) is 2.61. The van der Waals surface area contributed by atoms with Crippen LogP contribution in [0.1, 0.15) is 18.5 Å². The quantitative estimate of drug-likeness (QED) is 0.897. The van der Waals surface area contributed by atoms with Crippen LogP contribution in [0.3, 0.4) is 0 Å². The highest BCUT2D eigenvalue weighted by molar-refractivity contribution is 5.86. The molecule has 106 valence electrons. The zero-order chi connectivity index (χ0) is 14.1. The molecule has 5 heteroatoms. The Bertz CT molecular complexity index is 618. The van der Waals surface area contributed by atoms with Crippen LogP contribution in [0.25, 0.3) is 11.0 Å². The van der Waals surface area contributed by atoms with Crippen molar-refractivity contribution in [3.63, 3.8) is 0 Å². The average molecular weight is 273 g/mol. The summed E-state index contributed by atoms with van der Waals surface area (Å²) in [5, 5.41) is 4.92. The third kappa shape index (κ3) is 2.41. The average Bonchev–Trinajstić information content (AvgIpc) is 3.22. The SMILES string of the molecule is CN(C(=O)Cc1noc2ccccc12)C(CN)C1CC1. The summed E-state index contributed by atoms with van der Waals surface area (Å²) in [5.74, 6) is 0.620. The van der Waals surface area contributed by atoms with Gasteiger partial charge < -0.3 is 15.2 Å². The van der Waals surface area contributed by atoms with Crippen LogP contribution in [-0.4, -0.2) is 35.6 Å². The molecule has 1 aliphatic carbocycles. The Morgan fingerprint density at radius 2 is 2.25 bits per heavy atom. The number of amides is 1. The zero-order valence-electron chi connectivity index (χ0n) is 11.6. The van der Waals surface area contributed by atoms with E-state index in [1.165, 1.54) is 12.8 Å².